The SMILES string of the molecule is COC(=O)c1ccc(NC(=O)c2ccccc2OC(=O)OC(C)/C=C/c2ccc(OC(C)=O)cc2)cc1. The lowest BCUT2D eigenvalue weighted by Crippen LogP contribution is -2.19. The van der Waals surface area contributed by atoms with Crippen molar-refractivity contribution in [2.75, 3.05) is 12.4 Å². The molecular formula is C28H25NO8. The highest BCUT2D eigenvalue weighted by Crippen LogP contribution is 2.21. The van der Waals surface area contributed by atoms with Crippen LogP contribution < -0.4 is 14.8 Å². The van der Waals surface area contributed by atoms with Gasteiger partial charge in [0.25, 0.3) is 5.91 Å². The summed E-state index contributed by atoms with van der Waals surface area (Å²) in [6.07, 6.45) is 1.78. The van der Waals surface area contributed by atoms with Crippen molar-refractivity contribution in [1.29, 1.82) is 0 Å². The number of para-hydroxylation sites is 1. The zero-order valence-electron chi connectivity index (χ0n) is 20.4. The fourth-order valence-corrected chi connectivity index (χ4v) is 3.11. The minimum Gasteiger partial charge on any atom is -0.465 e. The summed E-state index contributed by atoms with van der Waals surface area (Å²) in [4.78, 5) is 47.7. The van der Waals surface area contributed by atoms with Gasteiger partial charge in [-0.25, -0.2) is 9.59 Å². The van der Waals surface area contributed by atoms with Crippen LogP contribution in [0.25, 0.3) is 6.08 Å². The second kappa shape index (κ2) is 12.7. The highest BCUT2D eigenvalue weighted by molar-refractivity contribution is 6.06. The van der Waals surface area contributed by atoms with Gasteiger partial charge in [0.2, 0.25) is 0 Å². The molecule has 0 aliphatic rings. The zero-order chi connectivity index (χ0) is 26.8. The van der Waals surface area contributed by atoms with Crippen LogP contribution in [0.15, 0.2) is 78.9 Å². The fraction of sp³-hybridized carbons (Fsp3) is 0.143. The molecule has 1 amide bonds. The molecule has 3 rings (SSSR count). The van der Waals surface area contributed by atoms with Crippen LogP contribution >= 0.6 is 0 Å². The lowest BCUT2D eigenvalue weighted by molar-refractivity contribution is -0.131. The summed E-state index contributed by atoms with van der Waals surface area (Å²) in [6, 6.07) is 19.2. The van der Waals surface area contributed by atoms with E-state index < -0.39 is 30.1 Å². The molecule has 0 saturated carbocycles. The molecule has 9 heteroatoms. The second-order valence-electron chi connectivity index (χ2n) is 7.72. The van der Waals surface area contributed by atoms with Gasteiger partial charge >= 0.3 is 18.1 Å². The number of anilines is 1. The molecule has 0 aromatic heterocycles. The molecule has 0 heterocycles. The van der Waals surface area contributed by atoms with E-state index in [2.05, 4.69) is 10.1 Å². The number of ether oxygens (including phenoxy) is 4. The summed E-state index contributed by atoms with van der Waals surface area (Å²) < 4.78 is 20.2. The molecule has 3 aromatic carbocycles. The molecule has 1 unspecified atom stereocenters. The highest BCUT2D eigenvalue weighted by Gasteiger charge is 2.17. The molecule has 0 aliphatic carbocycles. The van der Waals surface area contributed by atoms with Crippen molar-refractivity contribution in [3.05, 3.63) is 95.6 Å². The molecule has 0 aliphatic heterocycles. The van der Waals surface area contributed by atoms with Crippen molar-refractivity contribution in [2.45, 2.75) is 20.0 Å². The first-order valence-corrected chi connectivity index (χ1v) is 11.2. The number of carbonyl (C=O) groups is 4. The summed E-state index contributed by atoms with van der Waals surface area (Å²) in [5.74, 6) is -0.959. The van der Waals surface area contributed by atoms with Gasteiger partial charge in [0.15, 0.2) is 0 Å². The Morgan fingerprint density at radius 1 is 0.865 bits per heavy atom. The maximum atomic E-state index is 12.8. The Bertz CT molecular complexity index is 1300. The number of hydrogen-bond acceptors (Lipinski definition) is 8. The van der Waals surface area contributed by atoms with E-state index in [1.807, 2.05) is 0 Å². The Morgan fingerprint density at radius 2 is 1.54 bits per heavy atom. The van der Waals surface area contributed by atoms with Gasteiger partial charge in [-0.1, -0.05) is 30.3 Å². The topological polar surface area (TPSA) is 117 Å². The predicted octanol–water partition coefficient (Wildman–Crippen LogP) is 5.27. The zero-order valence-corrected chi connectivity index (χ0v) is 20.4. The average molecular weight is 504 g/mol. The minimum absolute atomic E-state index is 0.0217. The number of nitrogens with one attached hydrogen (secondary N) is 1. The third-order valence-electron chi connectivity index (χ3n) is 4.87. The lowest BCUT2D eigenvalue weighted by atomic mass is 10.1. The molecule has 37 heavy (non-hydrogen) atoms. The first-order chi connectivity index (χ1) is 17.7. The van der Waals surface area contributed by atoms with E-state index >= 15 is 0 Å². The Morgan fingerprint density at radius 3 is 2.19 bits per heavy atom. The van der Waals surface area contributed by atoms with Crippen molar-refractivity contribution in [2.24, 2.45) is 0 Å². The molecule has 0 spiro atoms. The summed E-state index contributed by atoms with van der Waals surface area (Å²) in [5, 5.41) is 2.69. The smallest absolute Gasteiger partial charge is 0.465 e. The van der Waals surface area contributed by atoms with Crippen LogP contribution in [-0.2, 0) is 14.3 Å². The highest BCUT2D eigenvalue weighted by atomic mass is 16.7. The largest absolute Gasteiger partial charge is 0.514 e. The van der Waals surface area contributed by atoms with Gasteiger partial charge in [-0.3, -0.25) is 9.59 Å². The van der Waals surface area contributed by atoms with Gasteiger partial charge < -0.3 is 24.3 Å². The number of hydrogen-bond donors (Lipinski definition) is 1. The third kappa shape index (κ3) is 8.07. The molecule has 1 N–H and O–H groups in total. The molecule has 0 bridgehead atoms. The maximum absolute atomic E-state index is 12.8. The Kier molecular flexibility index (Phi) is 9.15. The van der Waals surface area contributed by atoms with E-state index in [-0.39, 0.29) is 11.3 Å². The molecule has 190 valence electrons. The van der Waals surface area contributed by atoms with Crippen LogP contribution in [0.4, 0.5) is 10.5 Å². The predicted molar refractivity (Wildman–Crippen MR) is 136 cm³/mol. The number of methoxy groups -OCH3 is 1. The Balaban J connectivity index is 1.58. The standard InChI is InChI=1S/C28H25NO8/c1-18(8-9-20-10-16-23(17-11-20)36-19(2)30)35-28(33)37-25-7-5-4-6-24(25)26(31)29-22-14-12-21(13-15-22)27(32)34-3/h4-18H,1-3H3,(H,29,31)/b9-8+. The summed E-state index contributed by atoms with van der Waals surface area (Å²) >= 11 is 0. The molecular weight excluding hydrogens is 478 g/mol. The van der Waals surface area contributed by atoms with Crippen LogP contribution in [-0.4, -0.2) is 37.2 Å². The van der Waals surface area contributed by atoms with Gasteiger partial charge in [0, 0.05) is 12.6 Å². The van der Waals surface area contributed by atoms with Crippen LogP contribution in [0.3, 0.4) is 0 Å². The molecule has 9 nitrogen and oxygen atoms in total. The van der Waals surface area contributed by atoms with Crippen molar-refractivity contribution < 1.29 is 38.1 Å². The van der Waals surface area contributed by atoms with E-state index in [0.29, 0.717) is 17.0 Å². The second-order valence-corrected chi connectivity index (χ2v) is 7.72. The van der Waals surface area contributed by atoms with Gasteiger partial charge in [-0.2, -0.15) is 0 Å². The van der Waals surface area contributed by atoms with Gasteiger partial charge in [-0.15, -0.1) is 0 Å². The van der Waals surface area contributed by atoms with Crippen molar-refractivity contribution in [3.63, 3.8) is 0 Å². The van der Waals surface area contributed by atoms with Gasteiger partial charge in [0.1, 0.15) is 17.6 Å². The quantitative estimate of drug-likeness (QED) is 0.251. The van der Waals surface area contributed by atoms with Crippen LogP contribution in [0.5, 0.6) is 11.5 Å². The minimum atomic E-state index is -0.981. The molecule has 0 radical (unpaired) electrons. The number of esters is 2. The number of carbonyl (C=O) groups excluding carboxylic acids is 4. The van der Waals surface area contributed by atoms with Crippen molar-refractivity contribution in [1.82, 2.24) is 0 Å². The fourth-order valence-electron chi connectivity index (χ4n) is 3.11. The number of amides is 1. The Labute approximate surface area is 213 Å². The van der Waals surface area contributed by atoms with Crippen LogP contribution in [0, 0.1) is 0 Å². The monoisotopic (exact) mass is 503 g/mol. The van der Waals surface area contributed by atoms with Crippen LogP contribution in [0.2, 0.25) is 0 Å². The molecule has 0 saturated heterocycles. The summed E-state index contributed by atoms with van der Waals surface area (Å²) in [7, 11) is 1.28. The summed E-state index contributed by atoms with van der Waals surface area (Å²) in [6.45, 7) is 2.98. The average Bonchev–Trinajstić information content (AvgIpc) is 2.88. The van der Waals surface area contributed by atoms with E-state index in [0.717, 1.165) is 5.56 Å². The van der Waals surface area contributed by atoms with Crippen molar-refractivity contribution in [3.8, 4) is 11.5 Å². The molecule has 3 aromatic rings. The summed E-state index contributed by atoms with van der Waals surface area (Å²) in [5.41, 5.74) is 1.71. The lowest BCUT2D eigenvalue weighted by Gasteiger charge is -2.12. The number of rotatable bonds is 8. The van der Waals surface area contributed by atoms with Gasteiger partial charge in [-0.05, 0) is 67.1 Å². The van der Waals surface area contributed by atoms with E-state index in [4.69, 9.17) is 14.2 Å². The molecule has 1 atom stereocenters. The number of benzene rings is 3. The van der Waals surface area contributed by atoms with E-state index in [9.17, 15) is 19.2 Å². The van der Waals surface area contributed by atoms with Crippen LogP contribution in [0.1, 0.15) is 40.1 Å². The van der Waals surface area contributed by atoms with E-state index in [1.54, 1.807) is 67.6 Å². The Hall–Kier alpha value is -4.92. The maximum Gasteiger partial charge on any atom is 0.514 e. The first kappa shape index (κ1) is 26.7. The van der Waals surface area contributed by atoms with Crippen molar-refractivity contribution >= 4 is 35.8 Å². The van der Waals surface area contributed by atoms with Gasteiger partial charge in [0.05, 0.1) is 18.2 Å². The van der Waals surface area contributed by atoms with E-state index in [1.165, 1.54) is 38.3 Å². The third-order valence-corrected chi connectivity index (χ3v) is 4.87. The first-order valence-electron chi connectivity index (χ1n) is 11.2. The normalized spacial score (nSPS) is 11.3. The molecule has 0 fully saturated rings.